The average Bonchev–Trinajstić information content (AvgIpc) is 2.45. The average molecular weight is 229 g/mol. The predicted octanol–water partition coefficient (Wildman–Crippen LogP) is 1.33. The van der Waals surface area contributed by atoms with Crippen LogP contribution in [-0.2, 0) is 14.3 Å². The van der Waals surface area contributed by atoms with E-state index in [1.165, 1.54) is 7.11 Å². The third kappa shape index (κ3) is 2.95. The summed E-state index contributed by atoms with van der Waals surface area (Å²) < 4.78 is 10.4. The van der Waals surface area contributed by atoms with Gasteiger partial charge in [-0.25, -0.2) is 0 Å². The minimum atomic E-state index is -0.673. The van der Waals surface area contributed by atoms with Gasteiger partial charge in [-0.15, -0.1) is 0 Å². The van der Waals surface area contributed by atoms with Crippen molar-refractivity contribution in [3.8, 4) is 0 Å². The maximum absolute atomic E-state index is 11.7. The molecule has 0 saturated heterocycles. The summed E-state index contributed by atoms with van der Waals surface area (Å²) in [4.78, 5) is 11.7. The van der Waals surface area contributed by atoms with E-state index in [-0.39, 0.29) is 24.1 Å². The number of methoxy groups -OCH3 is 1. The van der Waals surface area contributed by atoms with Crippen LogP contribution in [0.2, 0.25) is 0 Å². The summed E-state index contributed by atoms with van der Waals surface area (Å²) in [5, 5.41) is 0. The summed E-state index contributed by atoms with van der Waals surface area (Å²) in [5.74, 6) is 0.0577. The molecule has 1 aliphatic carbocycles. The van der Waals surface area contributed by atoms with Crippen molar-refractivity contribution in [3.63, 3.8) is 0 Å². The van der Waals surface area contributed by atoms with E-state index < -0.39 is 6.04 Å². The number of hydrogen-bond donors (Lipinski definition) is 1. The van der Waals surface area contributed by atoms with E-state index in [0.29, 0.717) is 5.92 Å². The third-order valence-corrected chi connectivity index (χ3v) is 3.42. The molecule has 0 bridgehead atoms. The molecule has 1 aliphatic rings. The molecule has 0 amide bonds. The summed E-state index contributed by atoms with van der Waals surface area (Å²) in [7, 11) is 1.52. The van der Waals surface area contributed by atoms with Crippen LogP contribution in [0.1, 0.15) is 33.6 Å². The van der Waals surface area contributed by atoms with E-state index in [2.05, 4.69) is 20.8 Å². The maximum Gasteiger partial charge on any atom is 0.325 e. The molecular formula is C12H23NO3. The number of ether oxygens (including phenoxy) is 2. The molecule has 0 spiro atoms. The Morgan fingerprint density at radius 3 is 2.62 bits per heavy atom. The predicted molar refractivity (Wildman–Crippen MR) is 61.9 cm³/mol. The number of carbonyl (C=O) groups excluding carboxylic acids is 1. The van der Waals surface area contributed by atoms with Crippen molar-refractivity contribution in [2.24, 2.45) is 17.1 Å². The van der Waals surface area contributed by atoms with E-state index in [4.69, 9.17) is 15.2 Å². The topological polar surface area (TPSA) is 61.5 Å². The lowest BCUT2D eigenvalue weighted by molar-refractivity contribution is -0.158. The lowest BCUT2D eigenvalue weighted by Gasteiger charge is -2.30. The first kappa shape index (κ1) is 13.5. The van der Waals surface area contributed by atoms with Gasteiger partial charge in [-0.3, -0.25) is 4.79 Å². The van der Waals surface area contributed by atoms with Gasteiger partial charge >= 0.3 is 5.97 Å². The first-order valence-electron chi connectivity index (χ1n) is 5.83. The quantitative estimate of drug-likeness (QED) is 0.739. The number of carbonyl (C=O) groups is 1. The molecule has 2 N–H and O–H groups in total. The summed E-state index contributed by atoms with van der Waals surface area (Å²) in [6.07, 6.45) is 2.17. The standard InChI is InChI=1S/C12H23NO3/c1-8-5-6-12(2,3)10(8)16-11(14)9(13)7-15-4/h8-10H,5-7,13H2,1-4H3/t8?,9-,10?/m1/s1. The second kappa shape index (κ2) is 5.15. The summed E-state index contributed by atoms with van der Waals surface area (Å²) in [6.45, 7) is 6.60. The first-order chi connectivity index (χ1) is 7.38. The van der Waals surface area contributed by atoms with Gasteiger partial charge in [-0.2, -0.15) is 0 Å². The van der Waals surface area contributed by atoms with Crippen molar-refractivity contribution in [1.29, 1.82) is 0 Å². The zero-order chi connectivity index (χ0) is 12.3. The zero-order valence-corrected chi connectivity index (χ0v) is 10.7. The van der Waals surface area contributed by atoms with E-state index in [0.717, 1.165) is 12.8 Å². The van der Waals surface area contributed by atoms with Crippen LogP contribution in [0.5, 0.6) is 0 Å². The molecule has 4 heteroatoms. The van der Waals surface area contributed by atoms with E-state index in [1.807, 2.05) is 0 Å². The Morgan fingerprint density at radius 1 is 1.56 bits per heavy atom. The molecule has 2 unspecified atom stereocenters. The van der Waals surface area contributed by atoms with Crippen molar-refractivity contribution in [2.45, 2.75) is 45.8 Å². The molecule has 0 aromatic heterocycles. The van der Waals surface area contributed by atoms with Gasteiger partial charge in [0, 0.05) is 12.5 Å². The monoisotopic (exact) mass is 229 g/mol. The van der Waals surface area contributed by atoms with E-state index in [1.54, 1.807) is 0 Å². The van der Waals surface area contributed by atoms with Gasteiger partial charge in [-0.05, 0) is 18.8 Å². The highest BCUT2D eigenvalue weighted by Gasteiger charge is 2.42. The Labute approximate surface area is 97.5 Å². The van der Waals surface area contributed by atoms with Crippen molar-refractivity contribution in [1.82, 2.24) is 0 Å². The molecular weight excluding hydrogens is 206 g/mol. The van der Waals surface area contributed by atoms with Gasteiger partial charge in [0.25, 0.3) is 0 Å². The molecule has 0 heterocycles. The number of rotatable bonds is 4. The number of hydrogen-bond acceptors (Lipinski definition) is 4. The molecule has 0 aromatic carbocycles. The fraction of sp³-hybridized carbons (Fsp3) is 0.917. The van der Waals surface area contributed by atoms with Crippen LogP contribution >= 0.6 is 0 Å². The third-order valence-electron chi connectivity index (χ3n) is 3.42. The molecule has 3 atom stereocenters. The van der Waals surface area contributed by atoms with Crippen molar-refractivity contribution in [2.75, 3.05) is 13.7 Å². The molecule has 1 rings (SSSR count). The SMILES string of the molecule is COC[C@@H](N)C(=O)OC1C(C)CCC1(C)C. The first-order valence-corrected chi connectivity index (χ1v) is 5.83. The fourth-order valence-corrected chi connectivity index (χ4v) is 2.40. The maximum atomic E-state index is 11.7. The Bertz CT molecular complexity index is 253. The minimum absolute atomic E-state index is 0.0251. The van der Waals surface area contributed by atoms with E-state index >= 15 is 0 Å². The van der Waals surface area contributed by atoms with Crippen LogP contribution < -0.4 is 5.73 Å². The Kier molecular flexibility index (Phi) is 4.33. The second-order valence-corrected chi connectivity index (χ2v) is 5.42. The van der Waals surface area contributed by atoms with Gasteiger partial charge in [0.05, 0.1) is 6.61 Å². The number of nitrogens with two attached hydrogens (primary N) is 1. The fourth-order valence-electron chi connectivity index (χ4n) is 2.40. The lowest BCUT2D eigenvalue weighted by atomic mass is 9.87. The molecule has 0 aliphatic heterocycles. The van der Waals surface area contributed by atoms with Crippen LogP contribution in [0.15, 0.2) is 0 Å². The van der Waals surface area contributed by atoms with Crippen LogP contribution in [0, 0.1) is 11.3 Å². The highest BCUT2D eigenvalue weighted by molar-refractivity contribution is 5.75. The molecule has 94 valence electrons. The van der Waals surface area contributed by atoms with Gasteiger partial charge in [0.2, 0.25) is 0 Å². The minimum Gasteiger partial charge on any atom is -0.460 e. The van der Waals surface area contributed by atoms with Crippen LogP contribution in [0.3, 0.4) is 0 Å². The van der Waals surface area contributed by atoms with E-state index in [9.17, 15) is 4.79 Å². The second-order valence-electron chi connectivity index (χ2n) is 5.42. The van der Waals surface area contributed by atoms with Crippen LogP contribution in [0.25, 0.3) is 0 Å². The summed E-state index contributed by atoms with van der Waals surface area (Å²) in [6, 6.07) is -0.673. The van der Waals surface area contributed by atoms with Crippen LogP contribution in [-0.4, -0.2) is 31.8 Å². The summed E-state index contributed by atoms with van der Waals surface area (Å²) in [5.41, 5.74) is 5.70. The van der Waals surface area contributed by atoms with Gasteiger partial charge < -0.3 is 15.2 Å². The van der Waals surface area contributed by atoms with Crippen molar-refractivity contribution < 1.29 is 14.3 Å². The van der Waals surface area contributed by atoms with Gasteiger partial charge in [0.15, 0.2) is 0 Å². The molecule has 0 aromatic rings. The normalized spacial score (nSPS) is 30.1. The molecule has 1 fully saturated rings. The Balaban J connectivity index is 2.56. The van der Waals surface area contributed by atoms with Crippen molar-refractivity contribution in [3.05, 3.63) is 0 Å². The van der Waals surface area contributed by atoms with Gasteiger partial charge in [0.1, 0.15) is 12.1 Å². The largest absolute Gasteiger partial charge is 0.460 e. The highest BCUT2D eigenvalue weighted by Crippen LogP contribution is 2.43. The molecule has 4 nitrogen and oxygen atoms in total. The molecule has 16 heavy (non-hydrogen) atoms. The Hall–Kier alpha value is -0.610. The molecule has 0 radical (unpaired) electrons. The zero-order valence-electron chi connectivity index (χ0n) is 10.7. The highest BCUT2D eigenvalue weighted by atomic mass is 16.5. The summed E-state index contributed by atoms with van der Waals surface area (Å²) >= 11 is 0. The number of esters is 1. The smallest absolute Gasteiger partial charge is 0.325 e. The van der Waals surface area contributed by atoms with Gasteiger partial charge in [-0.1, -0.05) is 20.8 Å². The lowest BCUT2D eigenvalue weighted by Crippen LogP contribution is -2.42. The Morgan fingerprint density at radius 2 is 2.19 bits per heavy atom. The van der Waals surface area contributed by atoms with Crippen molar-refractivity contribution >= 4 is 5.97 Å². The van der Waals surface area contributed by atoms with Crippen LogP contribution in [0.4, 0.5) is 0 Å². The molecule has 1 saturated carbocycles.